The van der Waals surface area contributed by atoms with Crippen molar-refractivity contribution in [3.8, 4) is 0 Å². The molecule has 170 valence electrons. The molecule has 2 aliphatic rings. The summed E-state index contributed by atoms with van der Waals surface area (Å²) in [4.78, 5) is 17.5. The Bertz CT molecular complexity index is 869. The average molecular weight is 440 g/mol. The molecule has 1 aromatic rings. The van der Waals surface area contributed by atoms with E-state index in [2.05, 4.69) is 31.0 Å². The molecule has 0 aromatic heterocycles. The van der Waals surface area contributed by atoms with Gasteiger partial charge in [0, 0.05) is 49.9 Å². The third-order valence-corrected chi connectivity index (χ3v) is 7.74. The largest absolute Gasteiger partial charge is 0.383 e. The maximum atomic E-state index is 13.3. The number of carbonyl (C=O) groups excluding carboxylic acids is 1. The minimum Gasteiger partial charge on any atom is -0.383 e. The van der Waals surface area contributed by atoms with Gasteiger partial charge in [0.2, 0.25) is 5.91 Å². The molecule has 2 aliphatic heterocycles. The van der Waals surface area contributed by atoms with Crippen molar-refractivity contribution >= 4 is 21.4 Å². The molecule has 0 unspecified atom stereocenters. The van der Waals surface area contributed by atoms with Crippen LogP contribution in [0.1, 0.15) is 40.7 Å². The second kappa shape index (κ2) is 9.34. The van der Waals surface area contributed by atoms with Gasteiger partial charge in [-0.1, -0.05) is 34.3 Å². The van der Waals surface area contributed by atoms with Crippen LogP contribution in [0.3, 0.4) is 0 Å². The van der Waals surface area contributed by atoms with Crippen molar-refractivity contribution < 1.29 is 17.9 Å². The fourth-order valence-electron chi connectivity index (χ4n) is 4.30. The Morgan fingerprint density at radius 1 is 1.33 bits per heavy atom. The summed E-state index contributed by atoms with van der Waals surface area (Å²) >= 11 is 0. The van der Waals surface area contributed by atoms with Gasteiger partial charge in [0.25, 0.3) is 0 Å². The molecule has 1 aromatic carbocycles. The number of nitrogens with zero attached hydrogens (tertiary/aromatic N) is 2. The van der Waals surface area contributed by atoms with E-state index >= 15 is 0 Å². The predicted octanol–water partition coefficient (Wildman–Crippen LogP) is 2.05. The lowest BCUT2D eigenvalue weighted by molar-refractivity contribution is -0.121. The highest BCUT2D eigenvalue weighted by Crippen LogP contribution is 2.41. The number of rotatable bonds is 6. The van der Waals surface area contributed by atoms with E-state index in [0.29, 0.717) is 25.7 Å². The molecule has 8 heteroatoms. The van der Waals surface area contributed by atoms with E-state index in [-0.39, 0.29) is 35.4 Å². The third-order valence-electron chi connectivity index (χ3n) is 6.01. The number of fused-ring (bicyclic) bond motifs is 1. The first kappa shape index (κ1) is 24.8. The number of hydrogen-bond donors (Lipinski definition) is 1. The van der Waals surface area contributed by atoms with E-state index in [1.807, 2.05) is 6.07 Å². The highest BCUT2D eigenvalue weighted by Gasteiger charge is 2.39. The summed E-state index contributed by atoms with van der Waals surface area (Å²) < 4.78 is 30.1. The molecule has 1 N–H and O–H groups in total. The van der Waals surface area contributed by atoms with E-state index in [1.54, 1.807) is 31.1 Å². The van der Waals surface area contributed by atoms with Crippen LogP contribution >= 0.6 is 0 Å². The van der Waals surface area contributed by atoms with Gasteiger partial charge in [0.05, 0.1) is 23.8 Å². The van der Waals surface area contributed by atoms with Crippen LogP contribution in [-0.4, -0.2) is 77.0 Å². The van der Waals surface area contributed by atoms with Gasteiger partial charge in [0.1, 0.15) is 0 Å². The molecule has 0 aliphatic carbocycles. The van der Waals surface area contributed by atoms with E-state index in [0.717, 1.165) is 24.3 Å². The Labute approximate surface area is 181 Å². The molecule has 1 saturated heterocycles. The van der Waals surface area contributed by atoms with E-state index in [9.17, 15) is 13.2 Å². The molecule has 2 heterocycles. The zero-order valence-corrected chi connectivity index (χ0v) is 18.9. The van der Waals surface area contributed by atoms with Gasteiger partial charge < -0.3 is 15.0 Å². The highest BCUT2D eigenvalue weighted by atomic mass is 32.2. The van der Waals surface area contributed by atoms with E-state index in [1.165, 1.54) is 0 Å². The zero-order chi connectivity index (χ0) is 21.4. The summed E-state index contributed by atoms with van der Waals surface area (Å²) in [5.74, 6) is 0.0404. The number of nitrogens with one attached hydrogen (secondary N) is 1. The molecule has 7 nitrogen and oxygen atoms in total. The maximum absolute atomic E-state index is 13.3. The summed E-state index contributed by atoms with van der Waals surface area (Å²) in [6, 6.07) is 5.65. The second-order valence-corrected chi connectivity index (χ2v) is 11.1. The van der Waals surface area contributed by atoms with Gasteiger partial charge >= 0.3 is 0 Å². The lowest BCUT2D eigenvalue weighted by Crippen LogP contribution is -2.59. The van der Waals surface area contributed by atoms with Gasteiger partial charge in [-0.3, -0.25) is 9.69 Å². The van der Waals surface area contributed by atoms with Crippen LogP contribution in [0.2, 0.25) is 0 Å². The van der Waals surface area contributed by atoms with Crippen molar-refractivity contribution in [1.29, 1.82) is 0 Å². The quantitative estimate of drug-likeness (QED) is 0.731. The van der Waals surface area contributed by atoms with Crippen LogP contribution in [0.5, 0.6) is 0 Å². The first-order chi connectivity index (χ1) is 13.6. The van der Waals surface area contributed by atoms with Crippen LogP contribution in [0, 0.1) is 0 Å². The lowest BCUT2D eigenvalue weighted by Gasteiger charge is -2.39. The van der Waals surface area contributed by atoms with Gasteiger partial charge in [-0.2, -0.15) is 0 Å². The number of piperazine rings is 1. The van der Waals surface area contributed by atoms with Crippen molar-refractivity contribution in [2.75, 3.05) is 50.5 Å². The Kier molecular flexibility index (Phi) is 7.72. The first-order valence-electron chi connectivity index (χ1n) is 10.2. The fourth-order valence-corrected chi connectivity index (χ4v) is 5.20. The predicted molar refractivity (Wildman–Crippen MR) is 121 cm³/mol. The highest BCUT2D eigenvalue weighted by molar-refractivity contribution is 7.91. The van der Waals surface area contributed by atoms with Crippen LogP contribution < -0.4 is 10.2 Å². The zero-order valence-electron chi connectivity index (χ0n) is 18.1. The van der Waals surface area contributed by atoms with E-state index in [4.69, 9.17) is 4.74 Å². The molecular formula is C22H37N3O4S. The molecule has 0 radical (unpaired) electrons. The Morgan fingerprint density at radius 3 is 2.67 bits per heavy atom. The van der Waals surface area contributed by atoms with Crippen LogP contribution in [0.15, 0.2) is 23.1 Å². The fraction of sp³-hybridized carbons (Fsp3) is 0.682. The number of anilines is 1. The summed E-state index contributed by atoms with van der Waals surface area (Å²) in [5, 5.41) is 3.44. The van der Waals surface area contributed by atoms with Crippen molar-refractivity contribution in [1.82, 2.24) is 10.2 Å². The van der Waals surface area contributed by atoms with Gasteiger partial charge in [-0.25, -0.2) is 8.42 Å². The number of sulfone groups is 1. The summed E-state index contributed by atoms with van der Waals surface area (Å²) in [7, 11) is -1.66. The summed E-state index contributed by atoms with van der Waals surface area (Å²) in [6.45, 7) is 10.9. The Balaban J connectivity index is 0.00000320. The van der Waals surface area contributed by atoms with E-state index < -0.39 is 9.84 Å². The summed E-state index contributed by atoms with van der Waals surface area (Å²) in [6.07, 6.45) is 0. The standard InChI is InChI=1S/C21H33N3O4S.CH4/c1-6-29(26,27)17-7-8-18-19(9-17)24(14-21(18,3)4)20(25)12-23-11-15(2)22-10-16(23)13-28-5;/h7-9,15-16,22H,6,10-14H2,1-5H3;1H4/t15-,16-;/m1./s1. The molecule has 2 atom stereocenters. The molecule has 0 saturated carbocycles. The average Bonchev–Trinajstić information content (AvgIpc) is 2.95. The second-order valence-electron chi connectivity index (χ2n) is 8.79. The SMILES string of the molecule is C.CCS(=O)(=O)c1ccc2c(c1)N(C(=O)CN1C[C@@H](C)NC[C@@H]1COC)CC2(C)C. The minimum atomic E-state index is -3.33. The third kappa shape index (κ3) is 4.88. The number of methoxy groups -OCH3 is 1. The number of ether oxygens (including phenoxy) is 1. The van der Waals surface area contributed by atoms with Crippen molar-refractivity contribution in [2.45, 2.75) is 57.5 Å². The van der Waals surface area contributed by atoms with Gasteiger partial charge in [0.15, 0.2) is 9.84 Å². The first-order valence-corrected chi connectivity index (χ1v) is 11.9. The summed E-state index contributed by atoms with van der Waals surface area (Å²) in [5.41, 5.74) is 1.52. The van der Waals surface area contributed by atoms with Gasteiger partial charge in [-0.15, -0.1) is 0 Å². The lowest BCUT2D eigenvalue weighted by atomic mass is 9.87. The van der Waals surface area contributed by atoms with Crippen LogP contribution in [-0.2, 0) is 24.8 Å². The van der Waals surface area contributed by atoms with Crippen molar-refractivity contribution in [3.05, 3.63) is 23.8 Å². The molecule has 3 rings (SSSR count). The van der Waals surface area contributed by atoms with Crippen molar-refractivity contribution in [2.24, 2.45) is 0 Å². The smallest absolute Gasteiger partial charge is 0.241 e. The normalized spacial score (nSPS) is 23.7. The topological polar surface area (TPSA) is 79.0 Å². The Morgan fingerprint density at radius 2 is 2.03 bits per heavy atom. The molecule has 1 amide bonds. The number of carbonyl (C=O) groups is 1. The number of amides is 1. The van der Waals surface area contributed by atoms with Crippen molar-refractivity contribution in [3.63, 3.8) is 0 Å². The van der Waals surface area contributed by atoms with Crippen LogP contribution in [0.25, 0.3) is 0 Å². The molecule has 1 fully saturated rings. The molecular weight excluding hydrogens is 402 g/mol. The molecule has 0 spiro atoms. The minimum absolute atomic E-state index is 0. The molecule has 30 heavy (non-hydrogen) atoms. The maximum Gasteiger partial charge on any atom is 0.241 e. The molecule has 0 bridgehead atoms. The van der Waals surface area contributed by atoms with Gasteiger partial charge in [-0.05, 0) is 24.6 Å². The monoisotopic (exact) mass is 439 g/mol. The Hall–Kier alpha value is -1.48. The van der Waals surface area contributed by atoms with Crippen LogP contribution in [0.4, 0.5) is 5.69 Å². The number of hydrogen-bond acceptors (Lipinski definition) is 6. The number of benzene rings is 1.